The van der Waals surface area contributed by atoms with Gasteiger partial charge in [-0.2, -0.15) is 5.10 Å². The number of carbonyl (C=O) groups is 2. The van der Waals surface area contributed by atoms with Crippen LogP contribution in [0.15, 0.2) is 12.1 Å². The van der Waals surface area contributed by atoms with Crippen molar-refractivity contribution in [2.24, 2.45) is 0 Å². The van der Waals surface area contributed by atoms with Gasteiger partial charge in [-0.05, 0) is 12.1 Å². The number of benzene rings is 1. The zero-order valence-corrected chi connectivity index (χ0v) is 11.3. The summed E-state index contributed by atoms with van der Waals surface area (Å²) in [7, 11) is 0. The zero-order valence-electron chi connectivity index (χ0n) is 10.6. The van der Waals surface area contributed by atoms with Crippen molar-refractivity contribution in [3.05, 3.63) is 28.4 Å². The Balaban J connectivity index is 2.20. The maximum atomic E-state index is 11.1. The van der Waals surface area contributed by atoms with Crippen LogP contribution in [0.2, 0.25) is 5.02 Å². The van der Waals surface area contributed by atoms with Gasteiger partial charge in [-0.3, -0.25) is 9.89 Å². The van der Waals surface area contributed by atoms with Crippen molar-refractivity contribution < 1.29 is 24.2 Å². The molecule has 0 amide bonds. The van der Waals surface area contributed by atoms with Crippen molar-refractivity contribution in [2.75, 3.05) is 13.2 Å². The van der Waals surface area contributed by atoms with Crippen LogP contribution in [0.25, 0.3) is 11.3 Å². The molecule has 0 unspecified atom stereocenters. The van der Waals surface area contributed by atoms with Crippen LogP contribution in [0.5, 0.6) is 11.5 Å². The number of ether oxygens (including phenoxy) is 2. The molecule has 0 bridgehead atoms. The van der Waals surface area contributed by atoms with Crippen LogP contribution in [-0.2, 0) is 0 Å². The number of hydrogen-bond donors (Lipinski definition) is 2. The fourth-order valence-electron chi connectivity index (χ4n) is 2.07. The van der Waals surface area contributed by atoms with E-state index in [-0.39, 0.29) is 22.0 Å². The van der Waals surface area contributed by atoms with Crippen LogP contribution in [0.3, 0.4) is 0 Å². The SMILES string of the molecule is O=Cc1c(Cl)cc(-c2cc(C(=O)O)[nH]n2)c2c1OCCO2. The minimum Gasteiger partial charge on any atom is -0.485 e. The van der Waals surface area contributed by atoms with Crippen molar-refractivity contribution in [3.8, 4) is 22.8 Å². The Morgan fingerprint density at radius 1 is 1.33 bits per heavy atom. The molecule has 0 saturated carbocycles. The highest BCUT2D eigenvalue weighted by Crippen LogP contribution is 2.44. The summed E-state index contributed by atoms with van der Waals surface area (Å²) in [6.45, 7) is 0.616. The first-order chi connectivity index (χ1) is 10.1. The Labute approximate surface area is 123 Å². The van der Waals surface area contributed by atoms with Crippen LogP contribution in [0.1, 0.15) is 20.8 Å². The smallest absolute Gasteiger partial charge is 0.353 e. The summed E-state index contributed by atoms with van der Waals surface area (Å²) in [6, 6.07) is 2.85. The highest BCUT2D eigenvalue weighted by molar-refractivity contribution is 6.33. The molecule has 8 heteroatoms. The molecule has 1 aromatic carbocycles. The Morgan fingerprint density at radius 2 is 2.05 bits per heavy atom. The van der Waals surface area contributed by atoms with Crippen molar-refractivity contribution in [1.82, 2.24) is 10.2 Å². The first-order valence-corrected chi connectivity index (χ1v) is 6.36. The maximum Gasteiger partial charge on any atom is 0.353 e. The number of halogens is 1. The van der Waals surface area contributed by atoms with Gasteiger partial charge in [0, 0.05) is 5.56 Å². The second-order valence-corrected chi connectivity index (χ2v) is 4.67. The molecule has 2 aromatic rings. The molecule has 0 saturated heterocycles. The summed E-state index contributed by atoms with van der Waals surface area (Å²) in [4.78, 5) is 22.0. The van der Waals surface area contributed by atoms with Crippen LogP contribution in [0.4, 0.5) is 0 Å². The van der Waals surface area contributed by atoms with E-state index in [0.29, 0.717) is 36.5 Å². The maximum absolute atomic E-state index is 11.1. The lowest BCUT2D eigenvalue weighted by Gasteiger charge is -2.22. The molecule has 21 heavy (non-hydrogen) atoms. The molecular weight excluding hydrogens is 300 g/mol. The summed E-state index contributed by atoms with van der Waals surface area (Å²) in [5.74, 6) is -0.551. The number of carbonyl (C=O) groups excluding carboxylic acids is 1. The molecule has 7 nitrogen and oxygen atoms in total. The first-order valence-electron chi connectivity index (χ1n) is 5.98. The van der Waals surface area contributed by atoms with Gasteiger partial charge in [-0.15, -0.1) is 0 Å². The van der Waals surface area contributed by atoms with E-state index in [1.54, 1.807) is 0 Å². The minimum atomic E-state index is -1.13. The molecule has 0 atom stereocenters. The van der Waals surface area contributed by atoms with Gasteiger partial charge in [0.15, 0.2) is 17.8 Å². The van der Waals surface area contributed by atoms with E-state index in [4.69, 9.17) is 26.2 Å². The number of aromatic nitrogens is 2. The van der Waals surface area contributed by atoms with Gasteiger partial charge in [0.05, 0.1) is 16.3 Å². The number of carboxylic acids is 1. The summed E-state index contributed by atoms with van der Waals surface area (Å²) < 4.78 is 11.0. The van der Waals surface area contributed by atoms with Crippen LogP contribution >= 0.6 is 11.6 Å². The predicted octanol–water partition coefficient (Wildman–Crippen LogP) is 2.01. The fourth-order valence-corrected chi connectivity index (χ4v) is 2.31. The van der Waals surface area contributed by atoms with Crippen molar-refractivity contribution >= 4 is 23.9 Å². The lowest BCUT2D eigenvalue weighted by Crippen LogP contribution is -2.17. The number of fused-ring (bicyclic) bond motifs is 1. The molecule has 1 aliphatic rings. The number of nitrogens with zero attached hydrogens (tertiary/aromatic N) is 1. The number of aromatic carboxylic acids is 1. The van der Waals surface area contributed by atoms with E-state index in [2.05, 4.69) is 10.2 Å². The van der Waals surface area contributed by atoms with Gasteiger partial charge in [0.25, 0.3) is 0 Å². The minimum absolute atomic E-state index is 0.0638. The van der Waals surface area contributed by atoms with E-state index in [0.717, 1.165) is 0 Å². The van der Waals surface area contributed by atoms with Crippen LogP contribution in [0, 0.1) is 0 Å². The predicted molar refractivity (Wildman–Crippen MR) is 72.4 cm³/mol. The number of rotatable bonds is 3. The Morgan fingerprint density at radius 3 is 2.67 bits per heavy atom. The molecule has 108 valence electrons. The second kappa shape index (κ2) is 5.10. The third kappa shape index (κ3) is 2.21. The molecule has 0 aliphatic carbocycles. The van der Waals surface area contributed by atoms with E-state index in [1.165, 1.54) is 12.1 Å². The van der Waals surface area contributed by atoms with E-state index >= 15 is 0 Å². The normalized spacial score (nSPS) is 13.0. The average molecular weight is 309 g/mol. The molecule has 0 radical (unpaired) electrons. The molecule has 0 spiro atoms. The van der Waals surface area contributed by atoms with Crippen LogP contribution in [-0.4, -0.2) is 40.8 Å². The first kappa shape index (κ1) is 13.4. The molecule has 3 rings (SSSR count). The number of nitrogens with one attached hydrogen (secondary N) is 1. The van der Waals surface area contributed by atoms with Gasteiger partial charge >= 0.3 is 5.97 Å². The fraction of sp³-hybridized carbons (Fsp3) is 0.154. The lowest BCUT2D eigenvalue weighted by atomic mass is 10.1. The standard InChI is InChI=1S/C13H9ClN2O5/c14-8-3-6(9-4-10(13(18)19)16-15-9)11-12(7(8)5-17)21-2-1-20-11/h3-5H,1-2H2,(H,15,16)(H,18,19). The van der Waals surface area contributed by atoms with Gasteiger partial charge < -0.3 is 14.6 Å². The van der Waals surface area contributed by atoms with E-state index in [1.807, 2.05) is 0 Å². The second-order valence-electron chi connectivity index (χ2n) is 4.26. The zero-order chi connectivity index (χ0) is 15.0. The Kier molecular flexibility index (Phi) is 3.26. The monoisotopic (exact) mass is 308 g/mol. The highest BCUT2D eigenvalue weighted by atomic mass is 35.5. The van der Waals surface area contributed by atoms with Crippen molar-refractivity contribution in [2.45, 2.75) is 0 Å². The van der Waals surface area contributed by atoms with Gasteiger partial charge in [-0.25, -0.2) is 4.79 Å². The Hall–Kier alpha value is -2.54. The summed E-state index contributed by atoms with van der Waals surface area (Å²) in [5.41, 5.74) is 0.938. The molecule has 1 aromatic heterocycles. The number of H-pyrrole nitrogens is 1. The number of carboxylic acid groups (broad SMARTS) is 1. The highest BCUT2D eigenvalue weighted by Gasteiger charge is 2.25. The molecule has 2 heterocycles. The molecule has 0 fully saturated rings. The topological polar surface area (TPSA) is 102 Å². The average Bonchev–Trinajstić information content (AvgIpc) is 2.96. The lowest BCUT2D eigenvalue weighted by molar-refractivity contribution is 0.0690. The van der Waals surface area contributed by atoms with Crippen molar-refractivity contribution in [3.63, 3.8) is 0 Å². The molecule has 1 aliphatic heterocycles. The summed E-state index contributed by atoms with van der Waals surface area (Å²) >= 11 is 6.06. The molecular formula is C13H9ClN2O5. The van der Waals surface area contributed by atoms with E-state index < -0.39 is 5.97 Å². The third-order valence-corrected chi connectivity index (χ3v) is 3.31. The van der Waals surface area contributed by atoms with Crippen LogP contribution < -0.4 is 9.47 Å². The van der Waals surface area contributed by atoms with Gasteiger partial charge in [0.1, 0.15) is 18.9 Å². The van der Waals surface area contributed by atoms with Gasteiger partial charge in [0.2, 0.25) is 0 Å². The number of hydrogen-bond acceptors (Lipinski definition) is 5. The summed E-state index contributed by atoms with van der Waals surface area (Å²) in [6.07, 6.45) is 0.590. The number of aromatic amines is 1. The quantitative estimate of drug-likeness (QED) is 0.841. The van der Waals surface area contributed by atoms with Gasteiger partial charge in [-0.1, -0.05) is 11.6 Å². The number of aldehydes is 1. The Bertz CT molecular complexity index is 740. The third-order valence-electron chi connectivity index (χ3n) is 3.00. The molecule has 2 N–H and O–H groups in total. The summed E-state index contributed by atoms with van der Waals surface area (Å²) in [5, 5.41) is 15.4. The largest absolute Gasteiger partial charge is 0.485 e. The van der Waals surface area contributed by atoms with E-state index in [9.17, 15) is 9.59 Å². The van der Waals surface area contributed by atoms with Crippen molar-refractivity contribution in [1.29, 1.82) is 0 Å².